The second-order valence-corrected chi connectivity index (χ2v) is 12.3. The summed E-state index contributed by atoms with van der Waals surface area (Å²) in [6.45, 7) is 17.5. The summed E-state index contributed by atoms with van der Waals surface area (Å²) in [4.78, 5) is 54.5. The molecule has 9 heteroatoms. The zero-order valence-electron chi connectivity index (χ0n) is 27.4. The molecule has 0 saturated heterocycles. The van der Waals surface area contributed by atoms with Gasteiger partial charge in [0.05, 0.1) is 13.0 Å². The van der Waals surface area contributed by atoms with Crippen molar-refractivity contribution in [1.82, 2.24) is 15.5 Å². The Morgan fingerprint density at radius 1 is 0.952 bits per heavy atom. The molecule has 0 aromatic heterocycles. The lowest BCUT2D eigenvalue weighted by atomic mass is 9.94. The third kappa shape index (κ3) is 13.3. The summed E-state index contributed by atoms with van der Waals surface area (Å²) in [7, 11) is 0. The van der Waals surface area contributed by atoms with Crippen LogP contribution in [0.3, 0.4) is 0 Å². The van der Waals surface area contributed by atoms with Crippen molar-refractivity contribution >= 4 is 23.9 Å². The van der Waals surface area contributed by atoms with Gasteiger partial charge in [-0.2, -0.15) is 0 Å². The van der Waals surface area contributed by atoms with Crippen LogP contribution in [0.2, 0.25) is 0 Å². The van der Waals surface area contributed by atoms with Crippen LogP contribution in [0.25, 0.3) is 0 Å². The van der Waals surface area contributed by atoms with Gasteiger partial charge in [0.15, 0.2) is 0 Å². The third-order valence-corrected chi connectivity index (χ3v) is 6.85. The molecule has 0 spiro atoms. The number of nitrogens with one attached hydrogen (secondary N) is 2. The van der Waals surface area contributed by atoms with Crippen molar-refractivity contribution in [2.45, 2.75) is 125 Å². The van der Waals surface area contributed by atoms with E-state index in [2.05, 4.69) is 17.6 Å². The maximum atomic E-state index is 14.3. The number of hydrogen-bond acceptors (Lipinski definition) is 6. The van der Waals surface area contributed by atoms with E-state index in [1.807, 2.05) is 45.9 Å². The van der Waals surface area contributed by atoms with E-state index in [0.717, 1.165) is 43.2 Å². The van der Waals surface area contributed by atoms with E-state index in [4.69, 9.17) is 9.47 Å². The van der Waals surface area contributed by atoms with Gasteiger partial charge in [0.1, 0.15) is 17.7 Å². The summed E-state index contributed by atoms with van der Waals surface area (Å²) in [5.41, 5.74) is 1.89. The highest BCUT2D eigenvalue weighted by Crippen LogP contribution is 2.28. The van der Waals surface area contributed by atoms with Gasteiger partial charge in [0.2, 0.25) is 11.8 Å². The number of alkyl carbamates (subject to hydrolysis) is 1. The van der Waals surface area contributed by atoms with E-state index < -0.39 is 29.7 Å². The van der Waals surface area contributed by atoms with E-state index in [1.165, 1.54) is 0 Å². The maximum absolute atomic E-state index is 14.3. The molecular weight excluding hydrogens is 534 g/mol. The van der Waals surface area contributed by atoms with Crippen molar-refractivity contribution in [2.24, 2.45) is 5.92 Å². The third-order valence-electron chi connectivity index (χ3n) is 6.85. The van der Waals surface area contributed by atoms with Crippen molar-refractivity contribution in [1.29, 1.82) is 0 Å². The lowest BCUT2D eigenvalue weighted by Crippen LogP contribution is -2.55. The first-order chi connectivity index (χ1) is 19.7. The van der Waals surface area contributed by atoms with Gasteiger partial charge in [0.25, 0.3) is 0 Å². The van der Waals surface area contributed by atoms with Gasteiger partial charge >= 0.3 is 12.1 Å². The molecule has 0 radical (unpaired) electrons. The van der Waals surface area contributed by atoms with Crippen molar-refractivity contribution in [3.05, 3.63) is 34.9 Å². The number of rotatable bonds is 17. The molecule has 238 valence electrons. The van der Waals surface area contributed by atoms with Crippen molar-refractivity contribution < 1.29 is 28.7 Å². The molecule has 0 aliphatic heterocycles. The molecule has 3 amide bonds. The minimum atomic E-state index is -0.947. The molecule has 1 aromatic rings. The summed E-state index contributed by atoms with van der Waals surface area (Å²) in [6.07, 6.45) is 5.43. The number of nitrogens with zero attached hydrogens (tertiary/aromatic N) is 1. The maximum Gasteiger partial charge on any atom is 0.408 e. The number of amides is 3. The zero-order chi connectivity index (χ0) is 31.9. The number of carbonyl (C=O) groups is 4. The first-order valence-electron chi connectivity index (χ1n) is 15.5. The van der Waals surface area contributed by atoms with Crippen LogP contribution in [0, 0.1) is 19.8 Å². The van der Waals surface area contributed by atoms with Crippen molar-refractivity contribution in [3.8, 4) is 0 Å². The Balaban J connectivity index is 3.46. The van der Waals surface area contributed by atoms with Gasteiger partial charge in [-0.25, -0.2) is 4.79 Å². The fraction of sp³-hybridized carbons (Fsp3) is 0.697. The number of unbranched alkanes of at least 4 members (excludes halogenated alkanes) is 5. The van der Waals surface area contributed by atoms with Crippen LogP contribution in [-0.2, 0) is 23.9 Å². The lowest BCUT2D eigenvalue weighted by Gasteiger charge is -2.36. The van der Waals surface area contributed by atoms with Gasteiger partial charge in [-0.1, -0.05) is 76.6 Å². The first kappa shape index (κ1) is 36.9. The van der Waals surface area contributed by atoms with Gasteiger partial charge in [-0.05, 0) is 65.0 Å². The van der Waals surface area contributed by atoms with Crippen LogP contribution in [0.4, 0.5) is 4.79 Å². The topological polar surface area (TPSA) is 114 Å². The molecule has 0 heterocycles. The zero-order valence-corrected chi connectivity index (χ0v) is 27.4. The molecule has 1 rings (SSSR count). The second kappa shape index (κ2) is 18.4. The predicted octanol–water partition coefficient (Wildman–Crippen LogP) is 6.15. The quantitative estimate of drug-likeness (QED) is 0.166. The minimum Gasteiger partial charge on any atom is -0.466 e. The van der Waals surface area contributed by atoms with Gasteiger partial charge in [-0.15, -0.1) is 0 Å². The highest BCUT2D eigenvalue weighted by molar-refractivity contribution is 5.92. The molecule has 42 heavy (non-hydrogen) atoms. The number of esters is 1. The molecule has 0 aliphatic carbocycles. The standard InChI is InChI=1S/C33H55N3O6/c1-10-12-13-14-15-16-21-36(31(39)28(23(3)4)35-32(40)42-33(7,8)9)29(26-18-17-24(5)22-25(26)6)30(38)34-20-19-27(37)41-11-2/h17-18,22-23,28-29H,10-16,19-21H2,1-9H3,(H,34,38)(H,35,40). The molecule has 0 saturated carbocycles. The van der Waals surface area contributed by atoms with E-state index in [-0.39, 0.29) is 37.3 Å². The number of carbonyl (C=O) groups excluding carboxylic acids is 4. The Hall–Kier alpha value is -3.10. The van der Waals surface area contributed by atoms with Crippen LogP contribution in [0.5, 0.6) is 0 Å². The van der Waals surface area contributed by atoms with Crippen LogP contribution in [-0.4, -0.2) is 60.1 Å². The van der Waals surface area contributed by atoms with Crippen LogP contribution < -0.4 is 10.6 Å². The molecule has 2 atom stereocenters. The first-order valence-corrected chi connectivity index (χ1v) is 15.5. The van der Waals surface area contributed by atoms with Gasteiger partial charge in [0, 0.05) is 13.1 Å². The van der Waals surface area contributed by atoms with Crippen LogP contribution in [0.15, 0.2) is 18.2 Å². The molecule has 9 nitrogen and oxygen atoms in total. The Kier molecular flexibility index (Phi) is 16.2. The molecule has 0 bridgehead atoms. The molecule has 2 unspecified atom stereocenters. The predicted molar refractivity (Wildman–Crippen MR) is 166 cm³/mol. The number of aryl methyl sites for hydroxylation is 2. The SMILES string of the molecule is CCCCCCCCN(C(=O)C(NC(=O)OC(C)(C)C)C(C)C)C(C(=O)NCCC(=O)OCC)c1ccc(C)cc1C. The normalized spacial score (nSPS) is 12.8. The summed E-state index contributed by atoms with van der Waals surface area (Å²) >= 11 is 0. The van der Waals surface area contributed by atoms with E-state index in [9.17, 15) is 19.2 Å². The Labute approximate surface area is 253 Å². The van der Waals surface area contributed by atoms with E-state index in [0.29, 0.717) is 18.5 Å². The monoisotopic (exact) mass is 589 g/mol. The van der Waals surface area contributed by atoms with Crippen molar-refractivity contribution in [2.75, 3.05) is 19.7 Å². The average Bonchev–Trinajstić information content (AvgIpc) is 2.88. The van der Waals surface area contributed by atoms with Gasteiger partial charge < -0.3 is 25.0 Å². The Bertz CT molecular complexity index is 1020. The van der Waals surface area contributed by atoms with Crippen molar-refractivity contribution in [3.63, 3.8) is 0 Å². The summed E-state index contributed by atoms with van der Waals surface area (Å²) in [5.74, 6) is -1.40. The fourth-order valence-electron chi connectivity index (χ4n) is 4.76. The second-order valence-electron chi connectivity index (χ2n) is 12.3. The molecule has 2 N–H and O–H groups in total. The average molecular weight is 590 g/mol. The summed E-state index contributed by atoms with van der Waals surface area (Å²) in [6, 6.07) is 3.94. The smallest absolute Gasteiger partial charge is 0.408 e. The van der Waals surface area contributed by atoms with E-state index in [1.54, 1.807) is 32.6 Å². The largest absolute Gasteiger partial charge is 0.466 e. The highest BCUT2D eigenvalue weighted by atomic mass is 16.6. The number of hydrogen-bond donors (Lipinski definition) is 2. The highest BCUT2D eigenvalue weighted by Gasteiger charge is 2.37. The van der Waals surface area contributed by atoms with Gasteiger partial charge in [-0.3, -0.25) is 14.4 Å². The fourth-order valence-corrected chi connectivity index (χ4v) is 4.76. The van der Waals surface area contributed by atoms with E-state index >= 15 is 0 Å². The summed E-state index contributed by atoms with van der Waals surface area (Å²) in [5, 5.41) is 5.63. The Morgan fingerprint density at radius 2 is 1.60 bits per heavy atom. The Morgan fingerprint density at radius 3 is 2.17 bits per heavy atom. The van der Waals surface area contributed by atoms with Crippen LogP contribution >= 0.6 is 0 Å². The molecule has 0 fully saturated rings. The van der Waals surface area contributed by atoms with Crippen LogP contribution in [0.1, 0.15) is 116 Å². The molecule has 1 aromatic carbocycles. The molecule has 0 aliphatic rings. The molecular formula is C33H55N3O6. The number of ether oxygens (including phenoxy) is 2. The minimum absolute atomic E-state index is 0.0272. The summed E-state index contributed by atoms with van der Waals surface area (Å²) < 4.78 is 10.5. The lowest BCUT2D eigenvalue weighted by molar-refractivity contribution is -0.145. The number of benzene rings is 1.